The maximum Gasteiger partial charge on any atom is 0.227 e. The van der Waals surface area contributed by atoms with Gasteiger partial charge in [0.05, 0.1) is 6.04 Å². The van der Waals surface area contributed by atoms with Crippen LogP contribution in [0.15, 0.2) is 54.6 Å². The summed E-state index contributed by atoms with van der Waals surface area (Å²) in [5.41, 5.74) is 3.20. The van der Waals surface area contributed by atoms with Crippen molar-refractivity contribution in [2.24, 2.45) is 5.92 Å². The number of carbonyl (C=O) groups is 2. The Hall–Kier alpha value is -2.66. The van der Waals surface area contributed by atoms with E-state index in [1.165, 1.54) is 5.56 Å². The molecule has 5 nitrogen and oxygen atoms in total. The fourth-order valence-electron chi connectivity index (χ4n) is 3.52. The highest BCUT2D eigenvalue weighted by Gasteiger charge is 2.26. The molecular formula is C22H27N3O2. The van der Waals surface area contributed by atoms with Gasteiger partial charge in [0.1, 0.15) is 0 Å². The van der Waals surface area contributed by atoms with Crippen molar-refractivity contribution in [1.29, 1.82) is 0 Å². The summed E-state index contributed by atoms with van der Waals surface area (Å²) in [5.74, 6) is -0.147. The lowest BCUT2D eigenvalue weighted by Crippen LogP contribution is -2.35. The van der Waals surface area contributed by atoms with Crippen molar-refractivity contribution >= 4 is 17.5 Å². The van der Waals surface area contributed by atoms with Crippen molar-refractivity contribution in [3.63, 3.8) is 0 Å². The summed E-state index contributed by atoms with van der Waals surface area (Å²) in [5, 5.41) is 5.97. The third kappa shape index (κ3) is 4.95. The molecule has 0 spiro atoms. The number of rotatable bonds is 7. The fourth-order valence-corrected chi connectivity index (χ4v) is 3.52. The Balaban J connectivity index is 1.50. The molecule has 0 aliphatic carbocycles. The first-order valence-electron chi connectivity index (χ1n) is 9.41. The highest BCUT2D eigenvalue weighted by atomic mass is 16.2. The van der Waals surface area contributed by atoms with Gasteiger partial charge in [-0.1, -0.05) is 48.5 Å². The predicted molar refractivity (Wildman–Crippen MR) is 107 cm³/mol. The minimum atomic E-state index is -0.149. The van der Waals surface area contributed by atoms with E-state index in [1.807, 2.05) is 56.6 Å². The van der Waals surface area contributed by atoms with Gasteiger partial charge in [-0.25, -0.2) is 0 Å². The van der Waals surface area contributed by atoms with Crippen molar-refractivity contribution in [3.05, 3.63) is 65.7 Å². The van der Waals surface area contributed by atoms with Crippen molar-refractivity contribution in [1.82, 2.24) is 10.2 Å². The minimum Gasteiger partial charge on any atom is -0.354 e. The Morgan fingerprint density at radius 3 is 2.59 bits per heavy atom. The fraction of sp³-hybridized carbons (Fsp3) is 0.364. The van der Waals surface area contributed by atoms with Crippen LogP contribution in [0.25, 0.3) is 0 Å². The highest BCUT2D eigenvalue weighted by molar-refractivity contribution is 5.96. The van der Waals surface area contributed by atoms with Crippen molar-refractivity contribution in [3.8, 4) is 0 Å². The average molecular weight is 365 g/mol. The predicted octanol–water partition coefficient (Wildman–Crippen LogP) is 3.00. The van der Waals surface area contributed by atoms with E-state index in [2.05, 4.69) is 27.7 Å². The summed E-state index contributed by atoms with van der Waals surface area (Å²) >= 11 is 0. The Labute approximate surface area is 160 Å². The Morgan fingerprint density at radius 1 is 1.15 bits per heavy atom. The van der Waals surface area contributed by atoms with Gasteiger partial charge in [0.15, 0.2) is 0 Å². The highest BCUT2D eigenvalue weighted by Crippen LogP contribution is 2.27. The van der Waals surface area contributed by atoms with E-state index >= 15 is 0 Å². The lowest BCUT2D eigenvalue weighted by molar-refractivity contribution is -0.123. The third-order valence-electron chi connectivity index (χ3n) is 5.13. The number of nitrogens with one attached hydrogen (secondary N) is 2. The molecule has 2 unspecified atom stereocenters. The second-order valence-corrected chi connectivity index (χ2v) is 7.28. The first kappa shape index (κ1) is 19.1. The summed E-state index contributed by atoms with van der Waals surface area (Å²) in [6, 6.07) is 18.1. The summed E-state index contributed by atoms with van der Waals surface area (Å²) in [6.45, 7) is 0.551. The van der Waals surface area contributed by atoms with Crippen LogP contribution >= 0.6 is 0 Å². The molecule has 0 saturated heterocycles. The maximum atomic E-state index is 12.3. The summed E-state index contributed by atoms with van der Waals surface area (Å²) in [6.07, 6.45) is 1.61. The van der Waals surface area contributed by atoms with Crippen LogP contribution in [0.1, 0.15) is 30.0 Å². The molecule has 0 saturated carbocycles. The molecule has 0 aromatic heterocycles. The molecule has 1 aliphatic heterocycles. The molecule has 1 aliphatic rings. The van der Waals surface area contributed by atoms with Crippen LogP contribution in [0.4, 0.5) is 5.69 Å². The number of fused-ring (bicyclic) bond motifs is 1. The molecule has 0 fully saturated rings. The number of amides is 2. The molecule has 2 N–H and O–H groups in total. The SMILES string of the molecule is CN(C)C(CNC(=O)CCC1Cc2ccccc2NC1=O)c1ccccc1. The zero-order valence-electron chi connectivity index (χ0n) is 15.9. The van der Waals surface area contributed by atoms with Crippen LogP contribution in [0.5, 0.6) is 0 Å². The van der Waals surface area contributed by atoms with Gasteiger partial charge in [0.25, 0.3) is 0 Å². The monoisotopic (exact) mass is 365 g/mol. The summed E-state index contributed by atoms with van der Waals surface area (Å²) < 4.78 is 0. The number of hydrogen-bond donors (Lipinski definition) is 2. The van der Waals surface area contributed by atoms with Crippen molar-refractivity contribution in [2.45, 2.75) is 25.3 Å². The van der Waals surface area contributed by atoms with E-state index < -0.39 is 0 Å². The second-order valence-electron chi connectivity index (χ2n) is 7.28. The minimum absolute atomic E-state index is 0.00978. The number of carbonyl (C=O) groups excluding carboxylic acids is 2. The number of nitrogens with zero attached hydrogens (tertiary/aromatic N) is 1. The zero-order valence-corrected chi connectivity index (χ0v) is 15.9. The van der Waals surface area contributed by atoms with Crippen molar-refractivity contribution in [2.75, 3.05) is 26.0 Å². The second kappa shape index (κ2) is 8.82. The number of para-hydroxylation sites is 1. The first-order chi connectivity index (χ1) is 13.0. The summed E-state index contributed by atoms with van der Waals surface area (Å²) in [4.78, 5) is 26.7. The Kier molecular flexibility index (Phi) is 6.24. The van der Waals surface area contributed by atoms with Crippen molar-refractivity contribution < 1.29 is 9.59 Å². The number of anilines is 1. The Bertz CT molecular complexity index is 789. The van der Waals surface area contributed by atoms with Crippen LogP contribution in [-0.4, -0.2) is 37.4 Å². The largest absolute Gasteiger partial charge is 0.354 e. The molecule has 1 heterocycles. The summed E-state index contributed by atoms with van der Waals surface area (Å²) in [7, 11) is 4.02. The molecule has 142 valence electrons. The number of benzene rings is 2. The van der Waals surface area contributed by atoms with Gasteiger partial charge in [-0.15, -0.1) is 0 Å². The van der Waals surface area contributed by atoms with Gasteiger partial charge in [0, 0.05) is 24.6 Å². The Morgan fingerprint density at radius 2 is 1.85 bits per heavy atom. The standard InChI is InChI=1S/C22H27N3O2/c1-25(2)20(16-8-4-3-5-9-16)15-23-21(26)13-12-18-14-17-10-6-7-11-19(17)24-22(18)27/h3-11,18,20H,12-15H2,1-2H3,(H,23,26)(H,24,27). The smallest absolute Gasteiger partial charge is 0.227 e. The molecule has 2 aromatic rings. The van der Waals surface area contributed by atoms with Gasteiger partial charge in [-0.05, 0) is 44.1 Å². The average Bonchev–Trinajstić information content (AvgIpc) is 2.67. The molecule has 2 atom stereocenters. The lowest BCUT2D eigenvalue weighted by atomic mass is 9.89. The van der Waals surface area contributed by atoms with E-state index in [0.717, 1.165) is 11.3 Å². The van der Waals surface area contributed by atoms with E-state index in [1.54, 1.807) is 0 Å². The van der Waals surface area contributed by atoms with Gasteiger partial charge >= 0.3 is 0 Å². The number of hydrogen-bond acceptors (Lipinski definition) is 3. The molecule has 0 bridgehead atoms. The number of likely N-dealkylation sites (N-methyl/N-ethyl adjacent to an activating group) is 1. The molecule has 27 heavy (non-hydrogen) atoms. The molecular weight excluding hydrogens is 338 g/mol. The molecule has 5 heteroatoms. The van der Waals surface area contributed by atoms with Crippen LogP contribution in [0.3, 0.4) is 0 Å². The van der Waals surface area contributed by atoms with Crippen LogP contribution in [-0.2, 0) is 16.0 Å². The normalized spacial score (nSPS) is 17.1. The molecule has 2 amide bonds. The van der Waals surface area contributed by atoms with Crippen LogP contribution in [0, 0.1) is 5.92 Å². The molecule has 2 aromatic carbocycles. The lowest BCUT2D eigenvalue weighted by Gasteiger charge is -2.26. The quantitative estimate of drug-likeness (QED) is 0.793. The van der Waals surface area contributed by atoms with Gasteiger partial charge in [0.2, 0.25) is 11.8 Å². The van der Waals surface area contributed by atoms with Crippen LogP contribution < -0.4 is 10.6 Å². The van der Waals surface area contributed by atoms with Gasteiger partial charge in [-0.2, -0.15) is 0 Å². The van der Waals surface area contributed by atoms with E-state index in [4.69, 9.17) is 0 Å². The first-order valence-corrected chi connectivity index (χ1v) is 9.41. The van der Waals surface area contributed by atoms with E-state index in [0.29, 0.717) is 25.8 Å². The van der Waals surface area contributed by atoms with Gasteiger partial charge in [-0.3, -0.25) is 9.59 Å². The maximum absolute atomic E-state index is 12.3. The van der Waals surface area contributed by atoms with Crippen LogP contribution in [0.2, 0.25) is 0 Å². The topological polar surface area (TPSA) is 61.4 Å². The van der Waals surface area contributed by atoms with Gasteiger partial charge < -0.3 is 15.5 Å². The van der Waals surface area contributed by atoms with E-state index in [-0.39, 0.29) is 23.8 Å². The zero-order chi connectivity index (χ0) is 19.2. The molecule has 3 rings (SSSR count). The molecule has 0 radical (unpaired) electrons. The third-order valence-corrected chi connectivity index (χ3v) is 5.13. The van der Waals surface area contributed by atoms with E-state index in [9.17, 15) is 9.59 Å².